The first kappa shape index (κ1) is 12.3. The van der Waals surface area contributed by atoms with Crippen LogP contribution in [0.3, 0.4) is 0 Å². The van der Waals surface area contributed by atoms with Crippen molar-refractivity contribution < 1.29 is 0 Å². The first-order valence-electron chi connectivity index (χ1n) is 6.81. The molecular weight excluding hydrogens is 234 g/mol. The van der Waals surface area contributed by atoms with E-state index >= 15 is 0 Å². The van der Waals surface area contributed by atoms with Crippen LogP contribution in [0, 0.1) is 0 Å². The molecule has 1 aliphatic rings. The van der Waals surface area contributed by atoms with Gasteiger partial charge in [0.25, 0.3) is 0 Å². The summed E-state index contributed by atoms with van der Waals surface area (Å²) in [6.07, 6.45) is 5.71. The van der Waals surface area contributed by atoms with Gasteiger partial charge < -0.3 is 11.1 Å². The van der Waals surface area contributed by atoms with Gasteiger partial charge in [0.2, 0.25) is 0 Å². The molecule has 0 aliphatic heterocycles. The molecule has 0 saturated carbocycles. The Morgan fingerprint density at radius 1 is 1.11 bits per heavy atom. The summed E-state index contributed by atoms with van der Waals surface area (Å²) in [4.78, 5) is 4.03. The average molecular weight is 253 g/mol. The van der Waals surface area contributed by atoms with Gasteiger partial charge in [-0.1, -0.05) is 24.3 Å². The quantitative estimate of drug-likeness (QED) is 0.879. The Morgan fingerprint density at radius 3 is 2.63 bits per heavy atom. The van der Waals surface area contributed by atoms with E-state index in [-0.39, 0.29) is 6.04 Å². The van der Waals surface area contributed by atoms with Crippen LogP contribution in [0.1, 0.15) is 35.2 Å². The Labute approximate surface area is 113 Å². The molecule has 0 radical (unpaired) electrons. The monoisotopic (exact) mass is 253 g/mol. The zero-order valence-electron chi connectivity index (χ0n) is 10.9. The van der Waals surface area contributed by atoms with E-state index in [0.717, 1.165) is 19.4 Å². The molecule has 0 bridgehead atoms. The molecule has 1 aromatic heterocycles. The summed E-state index contributed by atoms with van der Waals surface area (Å²) in [5, 5.41) is 3.62. The number of nitrogens with zero attached hydrogens (tertiary/aromatic N) is 1. The summed E-state index contributed by atoms with van der Waals surface area (Å²) in [6.45, 7) is 0.968. The number of fused-ring (bicyclic) bond motifs is 1. The Morgan fingerprint density at radius 2 is 1.84 bits per heavy atom. The fraction of sp³-hybridized carbons (Fsp3) is 0.312. The number of aromatic nitrogens is 1. The summed E-state index contributed by atoms with van der Waals surface area (Å²) in [5.74, 6) is 0. The molecule has 0 fully saturated rings. The molecule has 3 nitrogen and oxygen atoms in total. The number of nitrogens with two attached hydrogens (primary N) is 1. The molecule has 2 unspecified atom stereocenters. The molecule has 19 heavy (non-hydrogen) atoms. The van der Waals surface area contributed by atoms with Gasteiger partial charge >= 0.3 is 0 Å². The van der Waals surface area contributed by atoms with Crippen LogP contribution in [0.4, 0.5) is 0 Å². The molecule has 1 aromatic carbocycles. The van der Waals surface area contributed by atoms with E-state index < -0.39 is 0 Å². The number of rotatable bonds is 4. The number of benzene rings is 1. The Hall–Kier alpha value is -1.71. The number of nitrogens with one attached hydrogen (secondary N) is 1. The summed E-state index contributed by atoms with van der Waals surface area (Å²) in [5.41, 5.74) is 10.1. The maximum absolute atomic E-state index is 6.17. The lowest BCUT2D eigenvalue weighted by molar-refractivity contribution is 0.502. The second-order valence-corrected chi connectivity index (χ2v) is 5.08. The third kappa shape index (κ3) is 2.67. The van der Waals surface area contributed by atoms with Crippen LogP contribution in [-0.4, -0.2) is 11.5 Å². The standard InChI is InChI=1S/C16H19N3/c17-15-11-16(14-4-2-1-3-13(14)15)19-10-7-12-5-8-18-9-6-12/h1-6,8-9,15-16,19H,7,10-11,17H2. The van der Waals surface area contributed by atoms with Crippen LogP contribution in [0.5, 0.6) is 0 Å². The Kier molecular flexibility index (Phi) is 3.58. The summed E-state index contributed by atoms with van der Waals surface area (Å²) >= 11 is 0. The van der Waals surface area contributed by atoms with Gasteiger partial charge in [-0.3, -0.25) is 4.98 Å². The van der Waals surface area contributed by atoms with Crippen LogP contribution >= 0.6 is 0 Å². The van der Waals surface area contributed by atoms with Crippen molar-refractivity contribution in [1.29, 1.82) is 0 Å². The number of pyridine rings is 1. The van der Waals surface area contributed by atoms with Crippen LogP contribution in [-0.2, 0) is 6.42 Å². The highest BCUT2D eigenvalue weighted by molar-refractivity contribution is 5.37. The van der Waals surface area contributed by atoms with E-state index in [2.05, 4.69) is 46.7 Å². The Balaban J connectivity index is 1.60. The zero-order valence-corrected chi connectivity index (χ0v) is 10.9. The normalized spacial score (nSPS) is 21.3. The summed E-state index contributed by atoms with van der Waals surface area (Å²) < 4.78 is 0. The van der Waals surface area contributed by atoms with Crippen molar-refractivity contribution >= 4 is 0 Å². The molecule has 0 saturated heterocycles. The molecule has 3 N–H and O–H groups in total. The maximum atomic E-state index is 6.17. The highest BCUT2D eigenvalue weighted by Crippen LogP contribution is 2.36. The minimum absolute atomic E-state index is 0.176. The minimum Gasteiger partial charge on any atom is -0.324 e. The van der Waals surface area contributed by atoms with Crippen molar-refractivity contribution in [3.8, 4) is 0 Å². The molecule has 3 rings (SSSR count). The van der Waals surface area contributed by atoms with E-state index in [1.807, 2.05) is 12.4 Å². The van der Waals surface area contributed by atoms with Crippen LogP contribution in [0.25, 0.3) is 0 Å². The fourth-order valence-corrected chi connectivity index (χ4v) is 2.81. The van der Waals surface area contributed by atoms with Gasteiger partial charge in [-0.15, -0.1) is 0 Å². The van der Waals surface area contributed by atoms with Crippen LogP contribution in [0.2, 0.25) is 0 Å². The van der Waals surface area contributed by atoms with Crippen molar-refractivity contribution in [3.63, 3.8) is 0 Å². The third-order valence-corrected chi connectivity index (χ3v) is 3.81. The predicted octanol–water partition coefficient (Wildman–Crippen LogP) is 2.36. The second-order valence-electron chi connectivity index (χ2n) is 5.08. The largest absolute Gasteiger partial charge is 0.324 e. The van der Waals surface area contributed by atoms with Crippen molar-refractivity contribution in [2.45, 2.75) is 24.9 Å². The molecular formula is C16H19N3. The van der Waals surface area contributed by atoms with E-state index in [9.17, 15) is 0 Å². The molecule has 98 valence electrons. The van der Waals surface area contributed by atoms with Gasteiger partial charge in [0.05, 0.1) is 0 Å². The molecule has 1 aliphatic carbocycles. The molecule has 2 atom stereocenters. The predicted molar refractivity (Wildman–Crippen MR) is 76.7 cm³/mol. The van der Waals surface area contributed by atoms with Gasteiger partial charge in [-0.2, -0.15) is 0 Å². The molecule has 0 amide bonds. The first-order valence-corrected chi connectivity index (χ1v) is 6.81. The van der Waals surface area contributed by atoms with Gasteiger partial charge in [0.15, 0.2) is 0 Å². The van der Waals surface area contributed by atoms with Gasteiger partial charge in [-0.25, -0.2) is 0 Å². The van der Waals surface area contributed by atoms with Crippen molar-refractivity contribution in [2.24, 2.45) is 5.73 Å². The number of hydrogen-bond acceptors (Lipinski definition) is 3. The van der Waals surface area contributed by atoms with E-state index in [1.165, 1.54) is 16.7 Å². The summed E-state index contributed by atoms with van der Waals surface area (Å²) in [6, 6.07) is 13.2. The average Bonchev–Trinajstić information content (AvgIpc) is 2.78. The number of hydrogen-bond donors (Lipinski definition) is 2. The fourth-order valence-electron chi connectivity index (χ4n) is 2.81. The van der Waals surface area contributed by atoms with Gasteiger partial charge in [0.1, 0.15) is 0 Å². The lowest BCUT2D eigenvalue weighted by atomic mass is 10.1. The molecule has 3 heteroatoms. The second kappa shape index (κ2) is 5.51. The van der Waals surface area contributed by atoms with Crippen LogP contribution in [0.15, 0.2) is 48.8 Å². The van der Waals surface area contributed by atoms with Crippen molar-refractivity contribution in [1.82, 2.24) is 10.3 Å². The third-order valence-electron chi connectivity index (χ3n) is 3.81. The SMILES string of the molecule is NC1CC(NCCc2ccncc2)c2ccccc21. The van der Waals surface area contributed by atoms with E-state index in [0.29, 0.717) is 6.04 Å². The van der Waals surface area contributed by atoms with Gasteiger partial charge in [-0.05, 0) is 48.2 Å². The lowest BCUT2D eigenvalue weighted by Gasteiger charge is -2.13. The van der Waals surface area contributed by atoms with Crippen molar-refractivity contribution in [3.05, 3.63) is 65.5 Å². The highest BCUT2D eigenvalue weighted by atomic mass is 14.9. The topological polar surface area (TPSA) is 50.9 Å². The zero-order chi connectivity index (χ0) is 13.1. The molecule has 2 aromatic rings. The minimum atomic E-state index is 0.176. The molecule has 0 spiro atoms. The first-order chi connectivity index (χ1) is 9.34. The Bertz CT molecular complexity index is 539. The smallest absolute Gasteiger partial charge is 0.0341 e. The van der Waals surface area contributed by atoms with E-state index in [1.54, 1.807) is 0 Å². The van der Waals surface area contributed by atoms with E-state index in [4.69, 9.17) is 5.73 Å². The van der Waals surface area contributed by atoms with Gasteiger partial charge in [0, 0.05) is 24.5 Å². The lowest BCUT2D eigenvalue weighted by Crippen LogP contribution is -2.22. The molecule has 1 heterocycles. The van der Waals surface area contributed by atoms with Crippen molar-refractivity contribution in [2.75, 3.05) is 6.54 Å². The maximum Gasteiger partial charge on any atom is 0.0341 e. The highest BCUT2D eigenvalue weighted by Gasteiger charge is 2.27. The summed E-state index contributed by atoms with van der Waals surface area (Å²) in [7, 11) is 0. The van der Waals surface area contributed by atoms with Crippen LogP contribution < -0.4 is 11.1 Å².